The number of rotatable bonds is 7. The van der Waals surface area contributed by atoms with E-state index in [-0.39, 0.29) is 18.3 Å². The van der Waals surface area contributed by atoms with Crippen LogP contribution in [-0.2, 0) is 11.3 Å². The SMILES string of the molecule is CC(Oc1ccc2c(c1)OCO2)C(=O)NCCn1nc(C2CC2)ccc1=O. The number of ether oxygens (including phenoxy) is 3. The molecule has 1 unspecified atom stereocenters. The molecule has 4 rings (SSSR count). The lowest BCUT2D eigenvalue weighted by Crippen LogP contribution is -2.39. The van der Waals surface area contributed by atoms with Gasteiger partial charge < -0.3 is 19.5 Å². The highest BCUT2D eigenvalue weighted by Gasteiger charge is 2.25. The summed E-state index contributed by atoms with van der Waals surface area (Å²) >= 11 is 0. The highest BCUT2D eigenvalue weighted by atomic mass is 16.7. The molecule has 0 saturated heterocycles. The Morgan fingerprint density at radius 2 is 2.11 bits per heavy atom. The van der Waals surface area contributed by atoms with Crippen molar-refractivity contribution >= 4 is 5.91 Å². The maximum atomic E-state index is 12.2. The molecule has 27 heavy (non-hydrogen) atoms. The third kappa shape index (κ3) is 4.05. The fourth-order valence-corrected chi connectivity index (χ4v) is 2.86. The number of carbonyl (C=O) groups is 1. The number of hydrogen-bond acceptors (Lipinski definition) is 6. The smallest absolute Gasteiger partial charge is 0.266 e. The Kier molecular flexibility index (Phi) is 4.70. The van der Waals surface area contributed by atoms with E-state index in [9.17, 15) is 9.59 Å². The first-order valence-corrected chi connectivity index (χ1v) is 9.02. The number of carbonyl (C=O) groups excluding carboxylic acids is 1. The minimum Gasteiger partial charge on any atom is -0.481 e. The maximum Gasteiger partial charge on any atom is 0.266 e. The van der Waals surface area contributed by atoms with Crippen LogP contribution in [0.3, 0.4) is 0 Å². The van der Waals surface area contributed by atoms with E-state index in [0.29, 0.717) is 36.3 Å². The number of amides is 1. The molecule has 8 nitrogen and oxygen atoms in total. The monoisotopic (exact) mass is 371 g/mol. The number of nitrogens with one attached hydrogen (secondary N) is 1. The maximum absolute atomic E-state index is 12.2. The van der Waals surface area contributed by atoms with E-state index in [1.807, 2.05) is 0 Å². The largest absolute Gasteiger partial charge is 0.481 e. The summed E-state index contributed by atoms with van der Waals surface area (Å²) in [5, 5.41) is 7.15. The lowest BCUT2D eigenvalue weighted by molar-refractivity contribution is -0.127. The number of benzene rings is 1. The van der Waals surface area contributed by atoms with Crippen LogP contribution in [0.2, 0.25) is 0 Å². The Morgan fingerprint density at radius 3 is 2.93 bits per heavy atom. The Balaban J connectivity index is 1.29. The predicted molar refractivity (Wildman–Crippen MR) is 96.1 cm³/mol. The van der Waals surface area contributed by atoms with Crippen LogP contribution in [-0.4, -0.2) is 35.1 Å². The molecule has 0 bridgehead atoms. The van der Waals surface area contributed by atoms with Gasteiger partial charge in [0.1, 0.15) is 5.75 Å². The molecule has 2 heterocycles. The summed E-state index contributed by atoms with van der Waals surface area (Å²) in [5.41, 5.74) is 0.777. The molecular weight excluding hydrogens is 350 g/mol. The van der Waals surface area contributed by atoms with Crippen molar-refractivity contribution in [2.45, 2.75) is 38.3 Å². The van der Waals surface area contributed by atoms with Crippen molar-refractivity contribution in [2.75, 3.05) is 13.3 Å². The van der Waals surface area contributed by atoms with Crippen molar-refractivity contribution < 1.29 is 19.0 Å². The van der Waals surface area contributed by atoms with Crippen LogP contribution in [0, 0.1) is 0 Å². The third-order valence-electron chi connectivity index (χ3n) is 4.53. The fourth-order valence-electron chi connectivity index (χ4n) is 2.86. The minimum atomic E-state index is -0.687. The van der Waals surface area contributed by atoms with Crippen LogP contribution in [0.5, 0.6) is 17.2 Å². The van der Waals surface area contributed by atoms with Crippen LogP contribution in [0.1, 0.15) is 31.4 Å². The molecule has 1 aromatic carbocycles. The number of fused-ring (bicyclic) bond motifs is 1. The van der Waals surface area contributed by atoms with Gasteiger partial charge in [-0.25, -0.2) is 4.68 Å². The normalized spacial score (nSPS) is 16.0. The molecule has 1 aliphatic heterocycles. The van der Waals surface area contributed by atoms with E-state index in [2.05, 4.69) is 10.4 Å². The zero-order valence-electron chi connectivity index (χ0n) is 15.0. The van der Waals surface area contributed by atoms with E-state index in [1.165, 1.54) is 10.7 Å². The molecular formula is C19H21N3O5. The summed E-state index contributed by atoms with van der Waals surface area (Å²) in [6.07, 6.45) is 1.56. The zero-order chi connectivity index (χ0) is 18.8. The molecule has 8 heteroatoms. The van der Waals surface area contributed by atoms with Gasteiger partial charge in [-0.1, -0.05) is 0 Å². The van der Waals surface area contributed by atoms with Crippen molar-refractivity contribution in [1.82, 2.24) is 15.1 Å². The van der Waals surface area contributed by atoms with Crippen molar-refractivity contribution in [3.63, 3.8) is 0 Å². The first-order chi connectivity index (χ1) is 13.1. The molecule has 2 aliphatic rings. The van der Waals surface area contributed by atoms with Gasteiger partial charge in [0.05, 0.1) is 12.2 Å². The Bertz CT molecular complexity index is 906. The molecule has 1 aromatic heterocycles. The first-order valence-electron chi connectivity index (χ1n) is 9.02. The number of nitrogens with zero attached hydrogens (tertiary/aromatic N) is 2. The van der Waals surface area contributed by atoms with Crippen LogP contribution in [0.25, 0.3) is 0 Å². The second kappa shape index (κ2) is 7.30. The van der Waals surface area contributed by atoms with Crippen molar-refractivity contribution in [3.05, 3.63) is 46.4 Å². The van der Waals surface area contributed by atoms with Crippen LogP contribution in [0.15, 0.2) is 35.1 Å². The van der Waals surface area contributed by atoms with Crippen LogP contribution >= 0.6 is 0 Å². The summed E-state index contributed by atoms with van der Waals surface area (Å²) < 4.78 is 17.6. The topological polar surface area (TPSA) is 91.7 Å². The molecule has 1 amide bonds. The van der Waals surface area contributed by atoms with E-state index in [4.69, 9.17) is 14.2 Å². The Morgan fingerprint density at radius 1 is 1.30 bits per heavy atom. The zero-order valence-corrected chi connectivity index (χ0v) is 15.0. The molecule has 1 fully saturated rings. The van der Waals surface area contributed by atoms with Crippen LogP contribution in [0.4, 0.5) is 0 Å². The summed E-state index contributed by atoms with van der Waals surface area (Å²) in [6.45, 7) is 2.47. The lowest BCUT2D eigenvalue weighted by Gasteiger charge is -2.15. The van der Waals surface area contributed by atoms with Crippen molar-refractivity contribution in [3.8, 4) is 17.2 Å². The van der Waals surface area contributed by atoms with Gasteiger partial charge >= 0.3 is 0 Å². The van der Waals surface area contributed by atoms with E-state index in [1.54, 1.807) is 31.2 Å². The minimum absolute atomic E-state index is 0.168. The molecule has 0 radical (unpaired) electrons. The van der Waals surface area contributed by atoms with E-state index in [0.717, 1.165) is 18.5 Å². The molecule has 142 valence electrons. The van der Waals surface area contributed by atoms with Gasteiger partial charge in [-0.15, -0.1) is 0 Å². The van der Waals surface area contributed by atoms with Gasteiger partial charge in [0, 0.05) is 24.6 Å². The van der Waals surface area contributed by atoms with E-state index >= 15 is 0 Å². The Labute approximate surface area is 156 Å². The number of hydrogen-bond donors (Lipinski definition) is 1. The first kappa shape index (κ1) is 17.4. The second-order valence-corrected chi connectivity index (χ2v) is 6.66. The summed E-state index contributed by atoms with van der Waals surface area (Å²) in [6, 6.07) is 8.49. The number of aromatic nitrogens is 2. The third-order valence-corrected chi connectivity index (χ3v) is 4.53. The van der Waals surface area contributed by atoms with Gasteiger partial charge in [0.15, 0.2) is 17.6 Å². The van der Waals surface area contributed by atoms with E-state index < -0.39 is 6.10 Å². The summed E-state index contributed by atoms with van der Waals surface area (Å²) in [7, 11) is 0. The average Bonchev–Trinajstić information content (AvgIpc) is 3.41. The quantitative estimate of drug-likeness (QED) is 0.792. The van der Waals surface area contributed by atoms with Gasteiger partial charge in [0.25, 0.3) is 11.5 Å². The summed E-state index contributed by atoms with van der Waals surface area (Å²) in [4.78, 5) is 24.1. The molecule has 1 atom stereocenters. The van der Waals surface area contributed by atoms with Crippen molar-refractivity contribution in [1.29, 1.82) is 0 Å². The lowest BCUT2D eigenvalue weighted by atomic mass is 10.3. The van der Waals surface area contributed by atoms with Gasteiger partial charge in [-0.2, -0.15) is 5.10 Å². The highest BCUT2D eigenvalue weighted by molar-refractivity contribution is 5.80. The molecule has 1 aliphatic carbocycles. The molecule has 0 spiro atoms. The summed E-state index contributed by atoms with van der Waals surface area (Å²) in [5.74, 6) is 1.99. The highest BCUT2D eigenvalue weighted by Crippen LogP contribution is 2.38. The standard InChI is InChI=1S/C19H21N3O5/c1-12(27-14-4-6-16-17(10-14)26-11-25-16)19(24)20-8-9-22-18(23)7-5-15(21-22)13-2-3-13/h4-7,10,12-13H,2-3,8-9,11H2,1H3,(H,20,24). The van der Waals surface area contributed by atoms with Crippen LogP contribution < -0.4 is 25.1 Å². The van der Waals surface area contributed by atoms with Gasteiger partial charge in [0.2, 0.25) is 6.79 Å². The molecule has 2 aromatic rings. The van der Waals surface area contributed by atoms with Crippen molar-refractivity contribution in [2.24, 2.45) is 0 Å². The molecule has 1 N–H and O–H groups in total. The predicted octanol–water partition coefficient (Wildman–Crippen LogP) is 1.43. The Hall–Kier alpha value is -3.03. The fraction of sp³-hybridized carbons (Fsp3) is 0.421. The molecule has 1 saturated carbocycles. The average molecular weight is 371 g/mol. The van der Waals surface area contributed by atoms with Gasteiger partial charge in [-0.3, -0.25) is 9.59 Å². The van der Waals surface area contributed by atoms with Gasteiger partial charge in [-0.05, 0) is 38.0 Å². The second-order valence-electron chi connectivity index (χ2n) is 6.66.